The summed E-state index contributed by atoms with van der Waals surface area (Å²) in [4.78, 5) is 24.0. The fourth-order valence-corrected chi connectivity index (χ4v) is 2.47. The molecule has 0 bridgehead atoms. The number of ether oxygens (including phenoxy) is 1. The van der Waals surface area contributed by atoms with Gasteiger partial charge in [0.05, 0.1) is 13.2 Å². The van der Waals surface area contributed by atoms with Gasteiger partial charge in [0.15, 0.2) is 0 Å². The second kappa shape index (κ2) is 11.0. The number of hydrogen-bond acceptors (Lipinski definition) is 4. The third-order valence-electron chi connectivity index (χ3n) is 4.02. The Kier molecular flexibility index (Phi) is 8.34. The van der Waals surface area contributed by atoms with Crippen molar-refractivity contribution in [2.24, 2.45) is 5.92 Å². The molecule has 6 nitrogen and oxygen atoms in total. The van der Waals surface area contributed by atoms with Gasteiger partial charge in [-0.2, -0.15) is 0 Å². The SMILES string of the molecule is CCNC(=O)c1cccc(NC(=O)CNc2ccc(OCCC(C)C)cc2)c1. The molecule has 0 spiro atoms. The molecule has 0 saturated carbocycles. The molecule has 2 rings (SSSR count). The van der Waals surface area contributed by atoms with Crippen LogP contribution >= 0.6 is 0 Å². The van der Waals surface area contributed by atoms with Crippen LogP contribution in [0.2, 0.25) is 0 Å². The maximum atomic E-state index is 12.2. The fraction of sp³-hybridized carbons (Fsp3) is 0.364. The molecule has 2 amide bonds. The quantitative estimate of drug-likeness (QED) is 0.581. The number of nitrogens with one attached hydrogen (secondary N) is 3. The number of rotatable bonds is 10. The van der Waals surface area contributed by atoms with Crippen LogP contribution < -0.4 is 20.7 Å². The molecule has 2 aromatic carbocycles. The Morgan fingerprint density at radius 2 is 1.79 bits per heavy atom. The number of carbonyl (C=O) groups excluding carboxylic acids is 2. The van der Waals surface area contributed by atoms with E-state index in [1.165, 1.54) is 0 Å². The van der Waals surface area contributed by atoms with E-state index >= 15 is 0 Å². The predicted octanol–water partition coefficient (Wildman–Crippen LogP) is 3.91. The molecule has 6 heteroatoms. The highest BCUT2D eigenvalue weighted by molar-refractivity contribution is 5.98. The summed E-state index contributed by atoms with van der Waals surface area (Å²) >= 11 is 0. The molecule has 0 aliphatic rings. The van der Waals surface area contributed by atoms with Gasteiger partial charge in [0, 0.05) is 23.5 Å². The molecule has 0 heterocycles. The summed E-state index contributed by atoms with van der Waals surface area (Å²) < 4.78 is 5.68. The smallest absolute Gasteiger partial charge is 0.251 e. The second-order valence-electron chi connectivity index (χ2n) is 6.90. The van der Waals surface area contributed by atoms with E-state index in [1.807, 2.05) is 31.2 Å². The van der Waals surface area contributed by atoms with Crippen LogP contribution in [0.1, 0.15) is 37.6 Å². The zero-order chi connectivity index (χ0) is 20.4. The van der Waals surface area contributed by atoms with Crippen molar-refractivity contribution in [3.63, 3.8) is 0 Å². The van der Waals surface area contributed by atoms with E-state index in [0.717, 1.165) is 17.9 Å². The number of anilines is 2. The third-order valence-corrected chi connectivity index (χ3v) is 4.02. The van der Waals surface area contributed by atoms with Crippen LogP contribution in [0, 0.1) is 5.92 Å². The van der Waals surface area contributed by atoms with Crippen LogP contribution in [0.5, 0.6) is 5.75 Å². The lowest BCUT2D eigenvalue weighted by atomic mass is 10.1. The van der Waals surface area contributed by atoms with Gasteiger partial charge in [-0.15, -0.1) is 0 Å². The zero-order valence-electron chi connectivity index (χ0n) is 16.7. The largest absolute Gasteiger partial charge is 0.494 e. The molecule has 0 aliphatic carbocycles. The van der Waals surface area contributed by atoms with E-state index in [0.29, 0.717) is 30.3 Å². The van der Waals surface area contributed by atoms with Gasteiger partial charge < -0.3 is 20.7 Å². The van der Waals surface area contributed by atoms with E-state index in [1.54, 1.807) is 24.3 Å². The molecule has 0 unspecified atom stereocenters. The normalized spacial score (nSPS) is 10.4. The van der Waals surface area contributed by atoms with Crippen LogP contribution in [0.25, 0.3) is 0 Å². The molecule has 0 aliphatic heterocycles. The summed E-state index contributed by atoms with van der Waals surface area (Å²) in [6.45, 7) is 7.57. The first-order valence-electron chi connectivity index (χ1n) is 9.62. The number of carbonyl (C=O) groups is 2. The molecular weight excluding hydrogens is 354 g/mol. The summed E-state index contributed by atoms with van der Waals surface area (Å²) in [6, 6.07) is 14.4. The first-order chi connectivity index (χ1) is 13.5. The summed E-state index contributed by atoms with van der Waals surface area (Å²) in [5.74, 6) is 1.08. The maximum absolute atomic E-state index is 12.2. The van der Waals surface area contributed by atoms with Gasteiger partial charge in [0.25, 0.3) is 5.91 Å². The lowest BCUT2D eigenvalue weighted by molar-refractivity contribution is -0.114. The Labute approximate surface area is 166 Å². The van der Waals surface area contributed by atoms with Gasteiger partial charge in [-0.05, 0) is 61.7 Å². The molecule has 0 aromatic heterocycles. The summed E-state index contributed by atoms with van der Waals surface area (Å²) in [7, 11) is 0. The minimum absolute atomic E-state index is 0.124. The van der Waals surface area contributed by atoms with Crippen molar-refractivity contribution in [1.29, 1.82) is 0 Å². The standard InChI is InChI=1S/C22H29N3O3/c1-4-23-22(27)17-6-5-7-19(14-17)25-21(26)15-24-18-8-10-20(11-9-18)28-13-12-16(2)3/h5-11,14,16,24H,4,12-13,15H2,1-3H3,(H,23,27)(H,25,26). The topological polar surface area (TPSA) is 79.5 Å². The van der Waals surface area contributed by atoms with E-state index in [-0.39, 0.29) is 18.4 Å². The van der Waals surface area contributed by atoms with Gasteiger partial charge in [-0.3, -0.25) is 9.59 Å². The number of hydrogen-bond donors (Lipinski definition) is 3. The van der Waals surface area contributed by atoms with Crippen molar-refractivity contribution in [2.45, 2.75) is 27.2 Å². The molecular formula is C22H29N3O3. The summed E-state index contributed by atoms with van der Waals surface area (Å²) in [5.41, 5.74) is 1.94. The summed E-state index contributed by atoms with van der Waals surface area (Å²) in [5, 5.41) is 8.61. The molecule has 150 valence electrons. The van der Waals surface area contributed by atoms with Crippen LogP contribution in [0.3, 0.4) is 0 Å². The van der Waals surface area contributed by atoms with Gasteiger partial charge in [0.2, 0.25) is 5.91 Å². The average molecular weight is 383 g/mol. The minimum atomic E-state index is -0.190. The molecule has 2 aromatic rings. The molecule has 0 fully saturated rings. The third kappa shape index (κ3) is 7.31. The predicted molar refractivity (Wildman–Crippen MR) is 113 cm³/mol. The molecule has 0 radical (unpaired) electrons. The second-order valence-corrected chi connectivity index (χ2v) is 6.90. The fourth-order valence-electron chi connectivity index (χ4n) is 2.47. The van der Waals surface area contributed by atoms with Crippen LogP contribution in [-0.4, -0.2) is 31.5 Å². The van der Waals surface area contributed by atoms with Crippen LogP contribution in [0.15, 0.2) is 48.5 Å². The van der Waals surface area contributed by atoms with Crippen molar-refractivity contribution in [3.8, 4) is 5.75 Å². The highest BCUT2D eigenvalue weighted by Crippen LogP contribution is 2.16. The van der Waals surface area contributed by atoms with Crippen molar-refractivity contribution in [1.82, 2.24) is 5.32 Å². The maximum Gasteiger partial charge on any atom is 0.251 e. The van der Waals surface area contributed by atoms with Gasteiger partial charge in [0.1, 0.15) is 5.75 Å². The Bertz CT molecular complexity index is 773. The Morgan fingerprint density at radius 3 is 2.46 bits per heavy atom. The van der Waals surface area contributed by atoms with Crippen molar-refractivity contribution in [2.75, 3.05) is 30.3 Å². The van der Waals surface area contributed by atoms with Gasteiger partial charge >= 0.3 is 0 Å². The van der Waals surface area contributed by atoms with E-state index < -0.39 is 0 Å². The van der Waals surface area contributed by atoms with Crippen molar-refractivity contribution in [3.05, 3.63) is 54.1 Å². The number of benzene rings is 2. The van der Waals surface area contributed by atoms with E-state index in [2.05, 4.69) is 29.8 Å². The van der Waals surface area contributed by atoms with E-state index in [4.69, 9.17) is 4.74 Å². The molecule has 28 heavy (non-hydrogen) atoms. The van der Waals surface area contributed by atoms with Gasteiger partial charge in [-0.25, -0.2) is 0 Å². The molecule has 0 atom stereocenters. The van der Waals surface area contributed by atoms with Crippen LogP contribution in [-0.2, 0) is 4.79 Å². The van der Waals surface area contributed by atoms with E-state index in [9.17, 15) is 9.59 Å². The lowest BCUT2D eigenvalue weighted by Gasteiger charge is -2.11. The molecule has 3 N–H and O–H groups in total. The zero-order valence-corrected chi connectivity index (χ0v) is 16.7. The van der Waals surface area contributed by atoms with Crippen LogP contribution in [0.4, 0.5) is 11.4 Å². The number of amides is 2. The van der Waals surface area contributed by atoms with Crippen molar-refractivity contribution >= 4 is 23.2 Å². The monoisotopic (exact) mass is 383 g/mol. The average Bonchev–Trinajstić information content (AvgIpc) is 2.67. The first kappa shape index (κ1) is 21.3. The minimum Gasteiger partial charge on any atom is -0.494 e. The highest BCUT2D eigenvalue weighted by Gasteiger charge is 2.07. The highest BCUT2D eigenvalue weighted by atomic mass is 16.5. The Balaban J connectivity index is 1.81. The first-order valence-corrected chi connectivity index (χ1v) is 9.62. The lowest BCUT2D eigenvalue weighted by Crippen LogP contribution is -2.24. The Hall–Kier alpha value is -3.02. The summed E-state index contributed by atoms with van der Waals surface area (Å²) in [6.07, 6.45) is 1.02. The van der Waals surface area contributed by atoms with Gasteiger partial charge in [-0.1, -0.05) is 19.9 Å². The molecule has 0 saturated heterocycles. The Morgan fingerprint density at radius 1 is 1.04 bits per heavy atom. The van der Waals surface area contributed by atoms with Crippen molar-refractivity contribution < 1.29 is 14.3 Å².